The molecule has 0 aliphatic carbocycles. The van der Waals surface area contributed by atoms with E-state index in [0.29, 0.717) is 5.69 Å². The number of rotatable bonds is 7. The molecule has 0 radical (unpaired) electrons. The van der Waals surface area contributed by atoms with Crippen molar-refractivity contribution in [3.8, 4) is 0 Å². The largest absolute Gasteiger partial charge is 0.326 e. The first-order chi connectivity index (χ1) is 11.4. The number of benzene rings is 2. The first-order valence-corrected chi connectivity index (χ1v) is 9.03. The molecule has 2 N–H and O–H groups in total. The minimum absolute atomic E-state index is 0.00401. The zero-order valence-electron chi connectivity index (χ0n) is 13.3. The number of nitrogens with one attached hydrogen (secondary N) is 2. The van der Waals surface area contributed by atoms with Crippen LogP contribution in [-0.4, -0.2) is 20.9 Å². The van der Waals surface area contributed by atoms with Gasteiger partial charge in [-0.1, -0.05) is 19.1 Å². The van der Waals surface area contributed by atoms with E-state index in [1.54, 1.807) is 12.1 Å². The van der Waals surface area contributed by atoms with Gasteiger partial charge in [-0.3, -0.25) is 4.79 Å². The van der Waals surface area contributed by atoms with E-state index in [9.17, 15) is 17.6 Å². The Labute approximate surface area is 141 Å². The van der Waals surface area contributed by atoms with Crippen molar-refractivity contribution in [2.45, 2.75) is 24.7 Å². The van der Waals surface area contributed by atoms with E-state index in [4.69, 9.17) is 0 Å². The van der Waals surface area contributed by atoms with Gasteiger partial charge in [-0.25, -0.2) is 17.5 Å². The maximum atomic E-state index is 12.8. The average Bonchev–Trinajstić information content (AvgIpc) is 2.56. The molecule has 7 heteroatoms. The van der Waals surface area contributed by atoms with Crippen LogP contribution in [0.3, 0.4) is 0 Å². The molecular formula is C17H19FN2O3S. The molecule has 0 aromatic heterocycles. The highest BCUT2D eigenvalue weighted by Crippen LogP contribution is 2.11. The summed E-state index contributed by atoms with van der Waals surface area (Å²) >= 11 is 0. The second-order valence-corrected chi connectivity index (χ2v) is 6.97. The fraction of sp³-hybridized carbons (Fsp3) is 0.235. The normalized spacial score (nSPS) is 11.2. The van der Waals surface area contributed by atoms with Gasteiger partial charge in [-0.05, 0) is 48.4 Å². The van der Waals surface area contributed by atoms with E-state index in [1.807, 2.05) is 19.1 Å². The maximum Gasteiger partial charge on any atom is 0.240 e. The lowest BCUT2D eigenvalue weighted by molar-refractivity contribution is -0.116. The van der Waals surface area contributed by atoms with E-state index < -0.39 is 15.8 Å². The van der Waals surface area contributed by atoms with Crippen LogP contribution in [0.1, 0.15) is 18.9 Å². The second kappa shape index (κ2) is 8.03. The van der Waals surface area contributed by atoms with Gasteiger partial charge in [-0.2, -0.15) is 0 Å². The average molecular weight is 350 g/mol. The van der Waals surface area contributed by atoms with Crippen molar-refractivity contribution in [3.05, 3.63) is 59.9 Å². The van der Waals surface area contributed by atoms with Crippen molar-refractivity contribution in [3.63, 3.8) is 0 Å². The number of aryl methyl sites for hydroxylation is 1. The smallest absolute Gasteiger partial charge is 0.240 e. The van der Waals surface area contributed by atoms with E-state index in [1.165, 1.54) is 17.7 Å². The van der Waals surface area contributed by atoms with Crippen LogP contribution in [0.25, 0.3) is 0 Å². The maximum absolute atomic E-state index is 12.8. The summed E-state index contributed by atoms with van der Waals surface area (Å²) in [5.74, 6) is -0.802. The van der Waals surface area contributed by atoms with Crippen molar-refractivity contribution in [2.24, 2.45) is 0 Å². The highest BCUT2D eigenvalue weighted by atomic mass is 32.2. The van der Waals surface area contributed by atoms with Crippen LogP contribution in [-0.2, 0) is 21.2 Å². The number of anilines is 1. The molecule has 0 unspecified atom stereocenters. The van der Waals surface area contributed by atoms with Gasteiger partial charge < -0.3 is 5.32 Å². The summed E-state index contributed by atoms with van der Waals surface area (Å²) in [7, 11) is -3.75. The molecule has 0 saturated carbocycles. The molecule has 0 fully saturated rings. The van der Waals surface area contributed by atoms with Gasteiger partial charge in [0.1, 0.15) is 5.82 Å². The Hall–Kier alpha value is -2.25. The van der Waals surface area contributed by atoms with Gasteiger partial charge in [0.05, 0.1) is 4.90 Å². The Morgan fingerprint density at radius 3 is 2.25 bits per heavy atom. The first-order valence-electron chi connectivity index (χ1n) is 7.55. The molecular weight excluding hydrogens is 331 g/mol. The monoisotopic (exact) mass is 350 g/mol. The number of sulfonamides is 1. The Morgan fingerprint density at radius 1 is 1.04 bits per heavy atom. The SMILES string of the molecule is CCc1ccc(NC(=O)CCNS(=O)(=O)c2ccc(F)cc2)cc1. The highest BCUT2D eigenvalue weighted by molar-refractivity contribution is 7.89. The summed E-state index contributed by atoms with van der Waals surface area (Å²) in [4.78, 5) is 11.8. The van der Waals surface area contributed by atoms with Crippen LogP contribution in [0.4, 0.5) is 10.1 Å². The minimum atomic E-state index is -3.75. The van der Waals surface area contributed by atoms with E-state index in [2.05, 4.69) is 10.0 Å². The van der Waals surface area contributed by atoms with E-state index >= 15 is 0 Å². The van der Waals surface area contributed by atoms with Crippen LogP contribution in [0.15, 0.2) is 53.4 Å². The molecule has 2 rings (SSSR count). The summed E-state index contributed by atoms with van der Waals surface area (Å²) in [5, 5.41) is 2.70. The van der Waals surface area contributed by atoms with Crippen molar-refractivity contribution < 1.29 is 17.6 Å². The summed E-state index contributed by atoms with van der Waals surface area (Å²) in [6, 6.07) is 11.9. The van der Waals surface area contributed by atoms with Crippen LogP contribution < -0.4 is 10.0 Å². The molecule has 0 heterocycles. The number of amides is 1. The molecule has 2 aromatic carbocycles. The molecule has 1 amide bonds. The molecule has 0 bridgehead atoms. The molecule has 128 valence electrons. The number of hydrogen-bond donors (Lipinski definition) is 2. The highest BCUT2D eigenvalue weighted by Gasteiger charge is 2.14. The zero-order valence-corrected chi connectivity index (χ0v) is 14.1. The van der Waals surface area contributed by atoms with Crippen molar-refractivity contribution in [2.75, 3.05) is 11.9 Å². The third-order valence-electron chi connectivity index (χ3n) is 3.41. The molecule has 24 heavy (non-hydrogen) atoms. The van der Waals surface area contributed by atoms with Gasteiger partial charge in [-0.15, -0.1) is 0 Å². The van der Waals surface area contributed by atoms with Crippen molar-refractivity contribution in [1.82, 2.24) is 4.72 Å². The lowest BCUT2D eigenvalue weighted by Gasteiger charge is -2.08. The number of carbonyl (C=O) groups excluding carboxylic acids is 1. The number of carbonyl (C=O) groups is 1. The molecule has 5 nitrogen and oxygen atoms in total. The fourth-order valence-electron chi connectivity index (χ4n) is 2.04. The third-order valence-corrected chi connectivity index (χ3v) is 4.89. The topological polar surface area (TPSA) is 75.3 Å². The minimum Gasteiger partial charge on any atom is -0.326 e. The summed E-state index contributed by atoms with van der Waals surface area (Å²) in [6.45, 7) is 2.00. The van der Waals surface area contributed by atoms with Crippen LogP contribution >= 0.6 is 0 Å². The predicted molar refractivity (Wildman–Crippen MR) is 90.7 cm³/mol. The molecule has 0 aliphatic rings. The lowest BCUT2D eigenvalue weighted by Crippen LogP contribution is -2.27. The second-order valence-electron chi connectivity index (χ2n) is 5.20. The molecule has 0 aliphatic heterocycles. The molecule has 0 spiro atoms. The zero-order chi connectivity index (χ0) is 17.6. The van der Waals surface area contributed by atoms with Crippen molar-refractivity contribution in [1.29, 1.82) is 0 Å². The first kappa shape index (κ1) is 18.1. The van der Waals surface area contributed by atoms with Gasteiger partial charge in [0, 0.05) is 18.7 Å². The lowest BCUT2D eigenvalue weighted by atomic mass is 10.1. The fourth-order valence-corrected chi connectivity index (χ4v) is 3.08. The molecule has 2 aromatic rings. The summed E-state index contributed by atoms with van der Waals surface area (Å²) in [5.41, 5.74) is 1.83. The van der Waals surface area contributed by atoms with Gasteiger partial charge in [0.15, 0.2) is 0 Å². The number of halogens is 1. The predicted octanol–water partition coefficient (Wildman–Crippen LogP) is 2.70. The standard InChI is InChI=1S/C17H19FN2O3S/c1-2-13-3-7-15(8-4-13)20-17(21)11-12-19-24(22,23)16-9-5-14(18)6-10-16/h3-10,19H,2,11-12H2,1H3,(H,20,21). The Morgan fingerprint density at radius 2 is 1.67 bits per heavy atom. The third kappa shape index (κ3) is 5.14. The van der Waals surface area contributed by atoms with Crippen LogP contribution in [0, 0.1) is 5.82 Å². The Bertz CT molecular complexity index is 788. The van der Waals surface area contributed by atoms with Crippen LogP contribution in [0.5, 0.6) is 0 Å². The van der Waals surface area contributed by atoms with Gasteiger partial charge >= 0.3 is 0 Å². The quantitative estimate of drug-likeness (QED) is 0.806. The van der Waals surface area contributed by atoms with E-state index in [0.717, 1.165) is 18.6 Å². The number of hydrogen-bond acceptors (Lipinski definition) is 3. The Kier molecular flexibility index (Phi) is 6.05. The molecule has 0 saturated heterocycles. The van der Waals surface area contributed by atoms with Crippen LogP contribution in [0.2, 0.25) is 0 Å². The van der Waals surface area contributed by atoms with Crippen molar-refractivity contribution >= 4 is 21.6 Å². The van der Waals surface area contributed by atoms with E-state index in [-0.39, 0.29) is 23.8 Å². The summed E-state index contributed by atoms with van der Waals surface area (Å²) < 4.78 is 39.1. The van der Waals surface area contributed by atoms with Gasteiger partial charge in [0.2, 0.25) is 15.9 Å². The Balaban J connectivity index is 1.84. The van der Waals surface area contributed by atoms with Gasteiger partial charge in [0.25, 0.3) is 0 Å². The molecule has 0 atom stereocenters. The summed E-state index contributed by atoms with van der Waals surface area (Å²) in [6.07, 6.45) is 0.912.